The highest BCUT2D eigenvalue weighted by molar-refractivity contribution is 6.20. The van der Waals surface area contributed by atoms with Gasteiger partial charge in [0.05, 0.1) is 5.38 Å². The van der Waals surface area contributed by atoms with E-state index in [4.69, 9.17) is 16.3 Å². The summed E-state index contributed by atoms with van der Waals surface area (Å²) in [5.41, 5.74) is 1.70. The third-order valence-corrected chi connectivity index (χ3v) is 4.17. The van der Waals surface area contributed by atoms with Crippen LogP contribution in [0.2, 0.25) is 0 Å². The monoisotopic (exact) mass is 282 g/mol. The van der Waals surface area contributed by atoms with E-state index in [1.165, 1.54) is 19.3 Å². The van der Waals surface area contributed by atoms with Crippen molar-refractivity contribution in [2.24, 2.45) is 0 Å². The summed E-state index contributed by atoms with van der Waals surface area (Å²) in [5, 5.41) is -0.0524. The van der Waals surface area contributed by atoms with Crippen LogP contribution in [0, 0.1) is 6.92 Å². The number of nitrogens with zero attached hydrogens (tertiary/aromatic N) is 2. The van der Waals surface area contributed by atoms with Gasteiger partial charge in [0.1, 0.15) is 5.60 Å². The van der Waals surface area contributed by atoms with Gasteiger partial charge >= 0.3 is 0 Å². The standard InChI is InChI=1S/C15H23ClN2O/c1-4-19-15(8-6-5-7-9-15)14-17-10-13(11(2)16)12(3)18-14/h10-11H,4-9H2,1-3H3. The van der Waals surface area contributed by atoms with Crippen LogP contribution in [0.3, 0.4) is 0 Å². The Balaban J connectivity index is 2.34. The smallest absolute Gasteiger partial charge is 0.160 e. The molecule has 0 saturated heterocycles. The Bertz CT molecular complexity index is 423. The molecule has 0 N–H and O–H groups in total. The number of aryl methyl sites for hydroxylation is 1. The van der Waals surface area contributed by atoms with Crippen molar-refractivity contribution in [2.75, 3.05) is 6.61 Å². The Morgan fingerprint density at radius 3 is 2.58 bits per heavy atom. The first-order valence-electron chi connectivity index (χ1n) is 7.21. The van der Waals surface area contributed by atoms with Crippen LogP contribution in [0.1, 0.15) is 68.4 Å². The summed E-state index contributed by atoms with van der Waals surface area (Å²) >= 11 is 6.13. The fourth-order valence-electron chi connectivity index (χ4n) is 2.92. The first kappa shape index (κ1) is 14.7. The highest BCUT2D eigenvalue weighted by Crippen LogP contribution is 2.39. The molecule has 1 saturated carbocycles. The van der Waals surface area contributed by atoms with E-state index in [1.54, 1.807) is 0 Å². The number of ether oxygens (including phenoxy) is 1. The minimum atomic E-state index is -0.272. The van der Waals surface area contributed by atoms with E-state index in [0.717, 1.165) is 29.9 Å². The molecule has 1 heterocycles. The molecule has 19 heavy (non-hydrogen) atoms. The van der Waals surface area contributed by atoms with Crippen LogP contribution in [0.25, 0.3) is 0 Å². The van der Waals surface area contributed by atoms with Gasteiger partial charge in [-0.1, -0.05) is 19.3 Å². The van der Waals surface area contributed by atoms with Gasteiger partial charge in [0.25, 0.3) is 0 Å². The quantitative estimate of drug-likeness (QED) is 0.773. The van der Waals surface area contributed by atoms with Crippen LogP contribution < -0.4 is 0 Å². The first-order valence-corrected chi connectivity index (χ1v) is 7.65. The fourth-order valence-corrected chi connectivity index (χ4v) is 3.13. The predicted molar refractivity (Wildman–Crippen MR) is 77.4 cm³/mol. The average Bonchev–Trinajstić information content (AvgIpc) is 2.39. The Morgan fingerprint density at radius 2 is 2.05 bits per heavy atom. The van der Waals surface area contributed by atoms with E-state index < -0.39 is 0 Å². The molecule has 1 atom stereocenters. The maximum Gasteiger partial charge on any atom is 0.160 e. The second-order valence-electron chi connectivity index (χ2n) is 5.34. The zero-order valence-corrected chi connectivity index (χ0v) is 12.8. The summed E-state index contributed by atoms with van der Waals surface area (Å²) in [7, 11) is 0. The number of rotatable bonds is 4. The van der Waals surface area contributed by atoms with Crippen LogP contribution in [0.5, 0.6) is 0 Å². The Labute approximate surface area is 120 Å². The van der Waals surface area contributed by atoms with Gasteiger partial charge in [0, 0.05) is 24.1 Å². The predicted octanol–water partition coefficient (Wildman–Crippen LogP) is 4.28. The number of hydrogen-bond donors (Lipinski definition) is 0. The van der Waals surface area contributed by atoms with Gasteiger partial charge in [-0.3, -0.25) is 0 Å². The van der Waals surface area contributed by atoms with Crippen molar-refractivity contribution in [1.29, 1.82) is 0 Å². The lowest BCUT2D eigenvalue weighted by atomic mass is 9.83. The molecule has 1 aromatic heterocycles. The lowest BCUT2D eigenvalue weighted by Crippen LogP contribution is -2.34. The molecule has 3 nitrogen and oxygen atoms in total. The van der Waals surface area contributed by atoms with Gasteiger partial charge < -0.3 is 4.74 Å². The molecular formula is C15H23ClN2O. The molecule has 2 rings (SSSR count). The summed E-state index contributed by atoms with van der Waals surface area (Å²) in [6.45, 7) is 6.70. The summed E-state index contributed by atoms with van der Waals surface area (Å²) in [6.07, 6.45) is 7.58. The van der Waals surface area contributed by atoms with Crippen molar-refractivity contribution < 1.29 is 4.74 Å². The van der Waals surface area contributed by atoms with Crippen molar-refractivity contribution in [3.63, 3.8) is 0 Å². The van der Waals surface area contributed by atoms with E-state index in [2.05, 4.69) is 9.97 Å². The SMILES string of the molecule is CCOC1(c2ncc(C(C)Cl)c(C)n2)CCCCC1. The lowest BCUT2D eigenvalue weighted by molar-refractivity contribution is -0.0768. The highest BCUT2D eigenvalue weighted by Gasteiger charge is 2.37. The largest absolute Gasteiger partial charge is 0.367 e. The van der Waals surface area contributed by atoms with Crippen LogP contribution in [0.4, 0.5) is 0 Å². The highest BCUT2D eigenvalue weighted by atomic mass is 35.5. The molecule has 1 fully saturated rings. The van der Waals surface area contributed by atoms with E-state index in [9.17, 15) is 0 Å². The number of halogens is 1. The minimum Gasteiger partial charge on any atom is -0.367 e. The second kappa shape index (κ2) is 6.19. The molecular weight excluding hydrogens is 260 g/mol. The fraction of sp³-hybridized carbons (Fsp3) is 0.733. The van der Waals surface area contributed by atoms with E-state index >= 15 is 0 Å². The van der Waals surface area contributed by atoms with Gasteiger partial charge in [-0.15, -0.1) is 11.6 Å². The molecule has 0 bridgehead atoms. The molecule has 1 aliphatic carbocycles. The molecule has 0 aliphatic heterocycles. The van der Waals surface area contributed by atoms with Gasteiger partial charge in [-0.25, -0.2) is 9.97 Å². The Morgan fingerprint density at radius 1 is 1.37 bits per heavy atom. The molecule has 106 valence electrons. The van der Waals surface area contributed by atoms with Crippen molar-refractivity contribution in [3.05, 3.63) is 23.3 Å². The zero-order chi connectivity index (χ0) is 13.9. The van der Waals surface area contributed by atoms with Crippen LogP contribution in [-0.4, -0.2) is 16.6 Å². The van der Waals surface area contributed by atoms with E-state index in [0.29, 0.717) is 6.61 Å². The molecule has 4 heteroatoms. The summed E-state index contributed by atoms with van der Waals surface area (Å²) in [5.74, 6) is 0.840. The van der Waals surface area contributed by atoms with Gasteiger partial charge in [-0.05, 0) is 33.6 Å². The summed E-state index contributed by atoms with van der Waals surface area (Å²) < 4.78 is 6.05. The first-order chi connectivity index (χ1) is 9.09. The van der Waals surface area contributed by atoms with Crippen molar-refractivity contribution in [2.45, 2.75) is 63.9 Å². The van der Waals surface area contributed by atoms with E-state index in [1.807, 2.05) is 27.0 Å². The van der Waals surface area contributed by atoms with Crippen LogP contribution in [-0.2, 0) is 10.3 Å². The molecule has 0 spiro atoms. The molecule has 0 amide bonds. The van der Waals surface area contributed by atoms with Crippen molar-refractivity contribution in [3.8, 4) is 0 Å². The molecule has 0 radical (unpaired) electrons. The second-order valence-corrected chi connectivity index (χ2v) is 5.99. The maximum atomic E-state index is 6.13. The third-order valence-electron chi connectivity index (χ3n) is 3.94. The number of hydrogen-bond acceptors (Lipinski definition) is 3. The number of aromatic nitrogens is 2. The normalized spacial score (nSPS) is 20.2. The van der Waals surface area contributed by atoms with Crippen LogP contribution >= 0.6 is 11.6 Å². The topological polar surface area (TPSA) is 35.0 Å². The summed E-state index contributed by atoms with van der Waals surface area (Å²) in [4.78, 5) is 9.24. The maximum absolute atomic E-state index is 6.13. The summed E-state index contributed by atoms with van der Waals surface area (Å²) in [6, 6.07) is 0. The average molecular weight is 283 g/mol. The van der Waals surface area contributed by atoms with Crippen LogP contribution in [0.15, 0.2) is 6.20 Å². The molecule has 1 aromatic rings. The minimum absolute atomic E-state index is 0.0524. The van der Waals surface area contributed by atoms with Gasteiger partial charge in [0.15, 0.2) is 5.82 Å². The van der Waals surface area contributed by atoms with E-state index in [-0.39, 0.29) is 11.0 Å². The lowest BCUT2D eigenvalue weighted by Gasteiger charge is -2.35. The van der Waals surface area contributed by atoms with Crippen molar-refractivity contribution in [1.82, 2.24) is 9.97 Å². The molecule has 1 unspecified atom stereocenters. The Hall–Kier alpha value is -0.670. The molecule has 1 aliphatic rings. The Kier molecular flexibility index (Phi) is 4.80. The number of alkyl halides is 1. The van der Waals surface area contributed by atoms with Gasteiger partial charge in [0.2, 0.25) is 0 Å². The zero-order valence-electron chi connectivity index (χ0n) is 12.1. The molecule has 0 aromatic carbocycles. The van der Waals surface area contributed by atoms with Crippen molar-refractivity contribution >= 4 is 11.6 Å². The van der Waals surface area contributed by atoms with Gasteiger partial charge in [-0.2, -0.15) is 0 Å². The third kappa shape index (κ3) is 3.09.